The number of aromatic nitrogens is 1. The van der Waals surface area contributed by atoms with Crippen LogP contribution in [-0.4, -0.2) is 35.4 Å². The Morgan fingerprint density at radius 3 is 2.40 bits per heavy atom. The Morgan fingerprint density at radius 2 is 1.95 bits per heavy atom. The van der Waals surface area contributed by atoms with Crippen LogP contribution in [0.15, 0.2) is 0 Å². The molecular formula is C14H26N4OS. The second-order valence-electron chi connectivity index (χ2n) is 5.79. The van der Waals surface area contributed by atoms with Gasteiger partial charge in [0, 0.05) is 18.4 Å². The second kappa shape index (κ2) is 7.15. The third-order valence-corrected chi connectivity index (χ3v) is 4.37. The molecule has 3 N–H and O–H groups in total. The quantitative estimate of drug-likeness (QED) is 0.478. The minimum absolute atomic E-state index is 0.161. The summed E-state index contributed by atoms with van der Waals surface area (Å²) in [5.41, 5.74) is 2.89. The smallest absolute Gasteiger partial charge is 0.277 e. The first kappa shape index (κ1) is 17.1. The number of likely N-dealkylation sites (N-methyl/N-ethyl adjacent to an activating group) is 1. The highest BCUT2D eigenvalue weighted by Crippen LogP contribution is 2.29. The van der Waals surface area contributed by atoms with Gasteiger partial charge in [-0.05, 0) is 13.1 Å². The van der Waals surface area contributed by atoms with Crippen molar-refractivity contribution in [3.05, 3.63) is 15.6 Å². The van der Waals surface area contributed by atoms with E-state index in [4.69, 9.17) is 5.84 Å². The average Bonchev–Trinajstić information content (AvgIpc) is 2.83. The number of hydrogen-bond donors (Lipinski definition) is 2. The van der Waals surface area contributed by atoms with Gasteiger partial charge < -0.3 is 4.90 Å². The Bertz CT molecular complexity index is 447. The molecule has 6 heteroatoms. The lowest BCUT2D eigenvalue weighted by Crippen LogP contribution is -2.31. The number of rotatable bonds is 6. The molecule has 0 atom stereocenters. The molecule has 0 unspecified atom stereocenters. The number of hydrogen-bond acceptors (Lipinski definition) is 5. The summed E-state index contributed by atoms with van der Waals surface area (Å²) in [6.07, 6.45) is 0.868. The fourth-order valence-corrected chi connectivity index (χ4v) is 3.16. The summed E-state index contributed by atoms with van der Waals surface area (Å²) in [6.45, 7) is 13.5. The molecule has 0 bridgehead atoms. The van der Waals surface area contributed by atoms with Crippen molar-refractivity contribution in [1.82, 2.24) is 15.3 Å². The molecule has 0 fully saturated rings. The van der Waals surface area contributed by atoms with Crippen LogP contribution in [-0.2, 0) is 11.8 Å². The van der Waals surface area contributed by atoms with E-state index >= 15 is 0 Å². The van der Waals surface area contributed by atoms with E-state index in [9.17, 15) is 4.79 Å². The molecule has 1 rings (SSSR count). The average molecular weight is 298 g/mol. The standard InChI is InChI=1S/C14H26N4OS/c1-6-18(7-2)9-8-10-16-12(14(3,4)5)11(20-10)13(19)17-15/h6-9,15H2,1-5H3,(H,17,19). The van der Waals surface area contributed by atoms with Crippen LogP contribution in [0.1, 0.15) is 55.0 Å². The zero-order chi connectivity index (χ0) is 15.3. The van der Waals surface area contributed by atoms with Crippen LogP contribution < -0.4 is 11.3 Å². The lowest BCUT2D eigenvalue weighted by molar-refractivity contribution is 0.0955. The van der Waals surface area contributed by atoms with Gasteiger partial charge in [-0.2, -0.15) is 0 Å². The first-order valence-corrected chi connectivity index (χ1v) is 7.88. The predicted octanol–water partition coefficient (Wildman–Crippen LogP) is 1.93. The van der Waals surface area contributed by atoms with Crippen molar-refractivity contribution in [2.45, 2.75) is 46.5 Å². The van der Waals surface area contributed by atoms with Gasteiger partial charge in [0.2, 0.25) is 0 Å². The molecule has 0 aliphatic carbocycles. The zero-order valence-electron chi connectivity index (χ0n) is 13.1. The first-order valence-electron chi connectivity index (χ1n) is 7.06. The highest BCUT2D eigenvalue weighted by molar-refractivity contribution is 7.13. The van der Waals surface area contributed by atoms with Crippen LogP contribution in [0.2, 0.25) is 0 Å². The normalized spacial score (nSPS) is 11.9. The van der Waals surface area contributed by atoms with E-state index in [2.05, 4.69) is 49.9 Å². The van der Waals surface area contributed by atoms with Gasteiger partial charge in [-0.3, -0.25) is 10.2 Å². The van der Waals surface area contributed by atoms with Crippen LogP contribution in [0, 0.1) is 0 Å². The third kappa shape index (κ3) is 4.26. The molecule has 0 aliphatic heterocycles. The van der Waals surface area contributed by atoms with E-state index in [0.717, 1.165) is 36.8 Å². The Hall–Kier alpha value is -0.980. The Kier molecular flexibility index (Phi) is 6.10. The maximum atomic E-state index is 11.9. The largest absolute Gasteiger partial charge is 0.303 e. The van der Waals surface area contributed by atoms with Gasteiger partial charge in [-0.25, -0.2) is 10.8 Å². The van der Waals surface area contributed by atoms with Gasteiger partial charge >= 0.3 is 0 Å². The number of nitrogens with two attached hydrogens (primary N) is 1. The van der Waals surface area contributed by atoms with Crippen LogP contribution in [0.5, 0.6) is 0 Å². The van der Waals surface area contributed by atoms with Gasteiger partial charge in [0.15, 0.2) is 0 Å². The molecule has 0 saturated heterocycles. The lowest BCUT2D eigenvalue weighted by Gasteiger charge is -2.17. The van der Waals surface area contributed by atoms with E-state index in [0.29, 0.717) is 4.88 Å². The molecule has 5 nitrogen and oxygen atoms in total. The maximum Gasteiger partial charge on any atom is 0.277 e. The summed E-state index contributed by atoms with van der Waals surface area (Å²) in [5, 5.41) is 1.00. The summed E-state index contributed by atoms with van der Waals surface area (Å²) in [5.74, 6) is 5.01. The molecule has 1 aromatic heterocycles. The van der Waals surface area contributed by atoms with Crippen LogP contribution in [0.3, 0.4) is 0 Å². The number of carbonyl (C=O) groups is 1. The highest BCUT2D eigenvalue weighted by Gasteiger charge is 2.26. The number of nitrogen functional groups attached to an aromatic ring is 1. The van der Waals surface area contributed by atoms with Crippen molar-refractivity contribution in [3.8, 4) is 0 Å². The van der Waals surface area contributed by atoms with Crippen LogP contribution in [0.4, 0.5) is 0 Å². The van der Waals surface area contributed by atoms with Gasteiger partial charge in [0.25, 0.3) is 5.91 Å². The fourth-order valence-electron chi connectivity index (χ4n) is 1.99. The monoisotopic (exact) mass is 298 g/mol. The molecule has 0 aliphatic rings. The molecule has 1 heterocycles. The molecular weight excluding hydrogens is 272 g/mol. The van der Waals surface area contributed by atoms with Crippen molar-refractivity contribution in [3.63, 3.8) is 0 Å². The molecule has 0 radical (unpaired) electrons. The lowest BCUT2D eigenvalue weighted by atomic mass is 9.91. The minimum Gasteiger partial charge on any atom is -0.303 e. The number of hydrazine groups is 1. The molecule has 0 spiro atoms. The van der Waals surface area contributed by atoms with Gasteiger partial charge in [-0.1, -0.05) is 34.6 Å². The number of carbonyl (C=O) groups excluding carboxylic acids is 1. The Morgan fingerprint density at radius 1 is 1.35 bits per heavy atom. The highest BCUT2D eigenvalue weighted by atomic mass is 32.1. The Balaban J connectivity index is 2.94. The van der Waals surface area contributed by atoms with Crippen LogP contribution >= 0.6 is 11.3 Å². The molecule has 20 heavy (non-hydrogen) atoms. The molecule has 1 amide bonds. The number of nitrogens with zero attached hydrogens (tertiary/aromatic N) is 2. The topological polar surface area (TPSA) is 71.2 Å². The summed E-state index contributed by atoms with van der Waals surface area (Å²) in [4.78, 5) is 19.5. The predicted molar refractivity (Wildman–Crippen MR) is 84.0 cm³/mol. The number of thiazole rings is 1. The molecule has 114 valence electrons. The van der Waals surface area contributed by atoms with Gasteiger partial charge in [-0.15, -0.1) is 11.3 Å². The van der Waals surface area contributed by atoms with Crippen molar-refractivity contribution in [2.24, 2.45) is 5.84 Å². The van der Waals surface area contributed by atoms with Gasteiger partial charge in [0.05, 0.1) is 10.7 Å². The first-order chi connectivity index (χ1) is 9.33. The molecule has 1 aromatic rings. The number of amides is 1. The molecule has 0 aromatic carbocycles. The number of nitrogens with one attached hydrogen (secondary N) is 1. The molecule has 0 saturated carbocycles. The van der Waals surface area contributed by atoms with E-state index in [1.54, 1.807) is 0 Å². The van der Waals surface area contributed by atoms with Crippen molar-refractivity contribution in [1.29, 1.82) is 0 Å². The van der Waals surface area contributed by atoms with Crippen LogP contribution in [0.25, 0.3) is 0 Å². The summed E-state index contributed by atoms with van der Waals surface area (Å²) < 4.78 is 0. The van der Waals surface area contributed by atoms with E-state index in [1.165, 1.54) is 11.3 Å². The summed E-state index contributed by atoms with van der Waals surface area (Å²) in [7, 11) is 0. The SMILES string of the molecule is CCN(CC)CCc1nc(C(C)(C)C)c(C(=O)NN)s1. The van der Waals surface area contributed by atoms with Crippen molar-refractivity contribution >= 4 is 17.2 Å². The maximum absolute atomic E-state index is 11.9. The van der Waals surface area contributed by atoms with E-state index < -0.39 is 0 Å². The van der Waals surface area contributed by atoms with E-state index in [1.807, 2.05) is 0 Å². The van der Waals surface area contributed by atoms with Crippen molar-refractivity contribution < 1.29 is 4.79 Å². The Labute approximate surface area is 125 Å². The zero-order valence-corrected chi connectivity index (χ0v) is 13.9. The summed E-state index contributed by atoms with van der Waals surface area (Å²) in [6, 6.07) is 0. The third-order valence-electron chi connectivity index (χ3n) is 3.26. The van der Waals surface area contributed by atoms with Crippen molar-refractivity contribution in [2.75, 3.05) is 19.6 Å². The van der Waals surface area contributed by atoms with E-state index in [-0.39, 0.29) is 11.3 Å². The van der Waals surface area contributed by atoms with Gasteiger partial charge in [0.1, 0.15) is 4.88 Å². The summed E-state index contributed by atoms with van der Waals surface area (Å²) >= 11 is 1.45. The minimum atomic E-state index is -0.249. The second-order valence-corrected chi connectivity index (χ2v) is 6.87. The fraction of sp³-hybridized carbons (Fsp3) is 0.714.